The Kier molecular flexibility index (Phi) is 4.31. The van der Waals surface area contributed by atoms with Gasteiger partial charge in [0.25, 0.3) is 0 Å². The third-order valence-electron chi connectivity index (χ3n) is 4.01. The van der Waals surface area contributed by atoms with Gasteiger partial charge in [-0.25, -0.2) is 15.0 Å². The minimum Gasteiger partial charge on any atom is -0.362 e. The van der Waals surface area contributed by atoms with Crippen LogP contribution in [0.25, 0.3) is 10.9 Å². The minimum absolute atomic E-state index is 0.578. The molecule has 6 heteroatoms. The molecule has 5 nitrogen and oxygen atoms in total. The van der Waals surface area contributed by atoms with Crippen molar-refractivity contribution in [2.24, 2.45) is 0 Å². The van der Waals surface area contributed by atoms with Crippen LogP contribution in [0.15, 0.2) is 67.3 Å². The maximum absolute atomic E-state index is 6.03. The van der Waals surface area contributed by atoms with E-state index in [9.17, 15) is 0 Å². The van der Waals surface area contributed by atoms with E-state index in [4.69, 9.17) is 11.6 Å². The fourth-order valence-electron chi connectivity index (χ4n) is 2.77. The van der Waals surface area contributed by atoms with Gasteiger partial charge in [-0.05, 0) is 23.8 Å². The number of fused-ring (bicyclic) bond motifs is 1. The van der Waals surface area contributed by atoms with Gasteiger partial charge in [0.05, 0.1) is 12.1 Å². The summed E-state index contributed by atoms with van der Waals surface area (Å²) in [5, 5.41) is 4.96. The lowest BCUT2D eigenvalue weighted by Crippen LogP contribution is -2.10. The molecule has 0 saturated heterocycles. The molecule has 2 aromatic heterocycles. The summed E-state index contributed by atoms with van der Waals surface area (Å²) in [5.74, 6) is 1.72. The molecule has 2 heterocycles. The van der Waals surface area contributed by atoms with Crippen molar-refractivity contribution in [3.63, 3.8) is 0 Å². The number of hydrogen-bond donors (Lipinski definition) is 1. The van der Waals surface area contributed by atoms with Crippen molar-refractivity contribution in [2.75, 3.05) is 5.32 Å². The highest BCUT2D eigenvalue weighted by Crippen LogP contribution is 2.22. The number of nitrogens with zero attached hydrogens (tertiary/aromatic N) is 4. The van der Waals surface area contributed by atoms with Crippen LogP contribution < -0.4 is 5.32 Å². The number of imidazole rings is 1. The molecule has 0 radical (unpaired) electrons. The first-order valence-electron chi connectivity index (χ1n) is 7.98. The Labute approximate surface area is 150 Å². The predicted octanol–water partition coefficient (Wildman–Crippen LogP) is 4.14. The van der Waals surface area contributed by atoms with Crippen molar-refractivity contribution in [3.8, 4) is 0 Å². The summed E-state index contributed by atoms with van der Waals surface area (Å²) in [7, 11) is 0. The topological polar surface area (TPSA) is 55.6 Å². The van der Waals surface area contributed by atoms with Crippen molar-refractivity contribution >= 4 is 28.3 Å². The van der Waals surface area contributed by atoms with Crippen molar-refractivity contribution < 1.29 is 0 Å². The summed E-state index contributed by atoms with van der Waals surface area (Å²) in [5.41, 5.74) is 2.06. The molecule has 0 unspecified atom stereocenters. The second kappa shape index (κ2) is 6.91. The average molecular weight is 350 g/mol. The van der Waals surface area contributed by atoms with Gasteiger partial charge in [-0.1, -0.05) is 41.9 Å². The molecule has 4 rings (SSSR count). The number of hydrogen-bond acceptors (Lipinski definition) is 4. The lowest BCUT2D eigenvalue weighted by Gasteiger charge is -2.11. The van der Waals surface area contributed by atoms with Gasteiger partial charge in [-0.3, -0.25) is 0 Å². The van der Waals surface area contributed by atoms with E-state index in [1.165, 1.54) is 11.9 Å². The molecule has 0 saturated carbocycles. The van der Waals surface area contributed by atoms with Gasteiger partial charge < -0.3 is 9.88 Å². The van der Waals surface area contributed by atoms with Gasteiger partial charge in [0.1, 0.15) is 18.0 Å². The third-order valence-corrected chi connectivity index (χ3v) is 4.25. The normalized spacial score (nSPS) is 10.9. The number of rotatable bonds is 5. The summed E-state index contributed by atoms with van der Waals surface area (Å²) in [6, 6.07) is 15.9. The Morgan fingerprint density at radius 2 is 1.88 bits per heavy atom. The van der Waals surface area contributed by atoms with E-state index in [1.807, 2.05) is 48.8 Å². The van der Waals surface area contributed by atoms with Crippen LogP contribution in [0, 0.1) is 0 Å². The summed E-state index contributed by atoms with van der Waals surface area (Å²) in [6.45, 7) is 1.37. The van der Waals surface area contributed by atoms with E-state index in [0.717, 1.165) is 29.1 Å². The van der Waals surface area contributed by atoms with Crippen LogP contribution in [0.1, 0.15) is 11.4 Å². The Bertz CT molecular complexity index is 997. The number of aromatic nitrogens is 4. The second-order valence-corrected chi connectivity index (χ2v) is 6.13. The third kappa shape index (κ3) is 3.46. The Morgan fingerprint density at radius 3 is 2.76 bits per heavy atom. The van der Waals surface area contributed by atoms with Gasteiger partial charge in [0, 0.05) is 29.3 Å². The first-order valence-corrected chi connectivity index (χ1v) is 8.35. The van der Waals surface area contributed by atoms with Crippen LogP contribution in [-0.2, 0) is 13.1 Å². The van der Waals surface area contributed by atoms with Gasteiger partial charge >= 0.3 is 0 Å². The van der Waals surface area contributed by atoms with Crippen molar-refractivity contribution in [3.05, 3.63) is 83.7 Å². The van der Waals surface area contributed by atoms with Crippen molar-refractivity contribution in [2.45, 2.75) is 13.1 Å². The SMILES string of the molecule is Clc1ccc2c(NCc3nccn3Cc3ccccc3)ncnc2c1. The first kappa shape index (κ1) is 15.6. The molecule has 0 fully saturated rings. The molecule has 1 N–H and O–H groups in total. The zero-order chi connectivity index (χ0) is 17.1. The van der Waals surface area contributed by atoms with Crippen molar-refractivity contribution in [1.82, 2.24) is 19.5 Å². The van der Waals surface area contributed by atoms with Gasteiger partial charge in [-0.2, -0.15) is 0 Å². The van der Waals surface area contributed by atoms with Gasteiger partial charge in [-0.15, -0.1) is 0 Å². The largest absolute Gasteiger partial charge is 0.362 e. The summed E-state index contributed by atoms with van der Waals surface area (Å²) in [4.78, 5) is 13.1. The maximum atomic E-state index is 6.03. The maximum Gasteiger partial charge on any atom is 0.137 e. The Hall–Kier alpha value is -2.92. The van der Waals surface area contributed by atoms with Crippen LogP contribution in [0.4, 0.5) is 5.82 Å². The predicted molar refractivity (Wildman–Crippen MR) is 99.6 cm³/mol. The fraction of sp³-hybridized carbons (Fsp3) is 0.105. The average Bonchev–Trinajstić information content (AvgIpc) is 3.07. The molecule has 0 aliphatic rings. The lowest BCUT2D eigenvalue weighted by atomic mass is 10.2. The highest BCUT2D eigenvalue weighted by Gasteiger charge is 2.07. The quantitative estimate of drug-likeness (QED) is 0.588. The van der Waals surface area contributed by atoms with Crippen LogP contribution >= 0.6 is 11.6 Å². The van der Waals surface area contributed by atoms with Crippen LogP contribution in [-0.4, -0.2) is 19.5 Å². The summed E-state index contributed by atoms with van der Waals surface area (Å²) >= 11 is 6.03. The fourth-order valence-corrected chi connectivity index (χ4v) is 2.93. The first-order chi connectivity index (χ1) is 12.3. The molecule has 124 valence electrons. The van der Waals surface area contributed by atoms with E-state index >= 15 is 0 Å². The minimum atomic E-state index is 0.578. The zero-order valence-corrected chi connectivity index (χ0v) is 14.2. The summed E-state index contributed by atoms with van der Waals surface area (Å²) in [6.07, 6.45) is 5.34. The molecule has 0 bridgehead atoms. The van der Waals surface area contributed by atoms with E-state index in [2.05, 4.69) is 37.0 Å². The molecule has 0 spiro atoms. The molecule has 0 atom stereocenters. The number of anilines is 1. The molecule has 0 aliphatic heterocycles. The number of nitrogens with one attached hydrogen (secondary N) is 1. The molecule has 0 aliphatic carbocycles. The van der Waals surface area contributed by atoms with Crippen LogP contribution in [0.2, 0.25) is 5.02 Å². The van der Waals surface area contributed by atoms with Crippen molar-refractivity contribution in [1.29, 1.82) is 0 Å². The van der Waals surface area contributed by atoms with Crippen LogP contribution in [0.3, 0.4) is 0 Å². The molecule has 4 aromatic rings. The Balaban J connectivity index is 1.54. The molecular weight excluding hydrogens is 334 g/mol. The molecular formula is C19H16ClN5. The second-order valence-electron chi connectivity index (χ2n) is 5.69. The highest BCUT2D eigenvalue weighted by atomic mass is 35.5. The number of halogens is 1. The zero-order valence-electron chi connectivity index (χ0n) is 13.4. The smallest absolute Gasteiger partial charge is 0.137 e. The summed E-state index contributed by atoms with van der Waals surface area (Å²) < 4.78 is 2.13. The van der Waals surface area contributed by atoms with E-state index in [1.54, 1.807) is 0 Å². The van der Waals surface area contributed by atoms with E-state index in [0.29, 0.717) is 11.6 Å². The molecule has 0 amide bonds. The van der Waals surface area contributed by atoms with Gasteiger partial charge in [0.15, 0.2) is 0 Å². The monoisotopic (exact) mass is 349 g/mol. The molecule has 25 heavy (non-hydrogen) atoms. The Morgan fingerprint density at radius 1 is 1.00 bits per heavy atom. The molecule has 2 aromatic carbocycles. The van der Waals surface area contributed by atoms with E-state index < -0.39 is 0 Å². The van der Waals surface area contributed by atoms with Gasteiger partial charge in [0.2, 0.25) is 0 Å². The lowest BCUT2D eigenvalue weighted by molar-refractivity contribution is 0.734. The highest BCUT2D eigenvalue weighted by molar-refractivity contribution is 6.31. The van der Waals surface area contributed by atoms with E-state index in [-0.39, 0.29) is 0 Å². The van der Waals surface area contributed by atoms with Crippen LogP contribution in [0.5, 0.6) is 0 Å². The standard InChI is InChI=1S/C19H16ClN5/c20-15-6-7-16-17(10-15)23-13-24-19(16)22-11-18-21-8-9-25(18)12-14-4-2-1-3-5-14/h1-10,13H,11-12H2,(H,22,23,24). The number of benzene rings is 2.